The molecule has 122 valence electrons. The largest absolute Gasteiger partial charge is 0.491 e. The molecule has 0 aliphatic carbocycles. The van der Waals surface area contributed by atoms with Crippen LogP contribution in [-0.2, 0) is 15.7 Å². The lowest BCUT2D eigenvalue weighted by molar-refractivity contribution is 0.00578. The lowest BCUT2D eigenvalue weighted by Crippen LogP contribution is -2.41. The van der Waals surface area contributed by atoms with Crippen LogP contribution >= 0.6 is 11.3 Å². The van der Waals surface area contributed by atoms with Crippen LogP contribution < -0.4 is 5.73 Å². The quantitative estimate of drug-likeness (QED) is 0.804. The van der Waals surface area contributed by atoms with Crippen molar-refractivity contribution in [1.29, 1.82) is 0 Å². The van der Waals surface area contributed by atoms with Gasteiger partial charge in [-0.2, -0.15) is 0 Å². The molecule has 0 aromatic carbocycles. The highest BCUT2D eigenvalue weighted by atomic mass is 32.1. The van der Waals surface area contributed by atoms with Crippen LogP contribution in [0.15, 0.2) is 16.9 Å². The molecule has 0 bridgehead atoms. The summed E-state index contributed by atoms with van der Waals surface area (Å²) in [5.74, 6) is 0. The first-order valence-corrected chi connectivity index (χ1v) is 9.01. The van der Waals surface area contributed by atoms with Crippen LogP contribution in [0.3, 0.4) is 0 Å². The van der Waals surface area contributed by atoms with Gasteiger partial charge in [0, 0.05) is 11.4 Å². The average molecular weight is 321 g/mol. The topological polar surface area (TPSA) is 44.5 Å². The van der Waals surface area contributed by atoms with Crippen molar-refractivity contribution in [3.05, 3.63) is 27.4 Å². The number of rotatable bonds is 6. The maximum absolute atomic E-state index is 6.12. The maximum Gasteiger partial charge on any atom is 0.491 e. The highest BCUT2D eigenvalue weighted by molar-refractivity contribution is 7.11. The third-order valence-corrected chi connectivity index (χ3v) is 5.59. The van der Waals surface area contributed by atoms with E-state index in [2.05, 4.69) is 52.1 Å². The molecule has 0 amide bonds. The number of aryl methyl sites for hydroxylation is 1. The van der Waals surface area contributed by atoms with Crippen molar-refractivity contribution >= 4 is 24.5 Å². The molecule has 1 aliphatic rings. The van der Waals surface area contributed by atoms with Crippen LogP contribution in [0.5, 0.6) is 0 Å². The Labute approximate surface area is 139 Å². The number of thiophene rings is 1. The Morgan fingerprint density at radius 1 is 1.27 bits per heavy atom. The molecule has 1 saturated heterocycles. The molecule has 0 unspecified atom stereocenters. The van der Waals surface area contributed by atoms with Crippen molar-refractivity contribution in [1.82, 2.24) is 0 Å². The van der Waals surface area contributed by atoms with E-state index in [9.17, 15) is 0 Å². The van der Waals surface area contributed by atoms with E-state index in [-0.39, 0.29) is 18.3 Å². The smallest absolute Gasteiger partial charge is 0.400 e. The van der Waals surface area contributed by atoms with E-state index in [4.69, 9.17) is 15.0 Å². The van der Waals surface area contributed by atoms with Gasteiger partial charge in [-0.15, -0.1) is 11.3 Å². The van der Waals surface area contributed by atoms with E-state index in [1.165, 1.54) is 23.3 Å². The molecule has 5 heteroatoms. The van der Waals surface area contributed by atoms with E-state index >= 15 is 0 Å². The molecule has 2 N–H and O–H groups in total. The van der Waals surface area contributed by atoms with Crippen molar-refractivity contribution < 1.29 is 9.31 Å². The summed E-state index contributed by atoms with van der Waals surface area (Å²) in [6.45, 7) is 10.9. The molecule has 2 heterocycles. The standard InChI is InChI=1S/C17H28BNO2S/c1-6-7-8-13-9-10-22-15(13)11-14(12-19)18-20-16(2,3)17(4,5)21-18/h9-11H,6-8,12,19H2,1-5H3. The Morgan fingerprint density at radius 2 is 1.91 bits per heavy atom. The fourth-order valence-corrected chi connectivity index (χ4v) is 3.35. The van der Waals surface area contributed by atoms with Gasteiger partial charge in [0.2, 0.25) is 0 Å². The molecule has 1 aromatic heterocycles. The van der Waals surface area contributed by atoms with Crippen molar-refractivity contribution in [2.24, 2.45) is 5.73 Å². The van der Waals surface area contributed by atoms with Gasteiger partial charge in [-0.3, -0.25) is 0 Å². The average Bonchev–Trinajstić information content (AvgIpc) is 2.95. The van der Waals surface area contributed by atoms with E-state index in [0.29, 0.717) is 6.54 Å². The van der Waals surface area contributed by atoms with E-state index < -0.39 is 0 Å². The third kappa shape index (κ3) is 3.65. The zero-order valence-electron chi connectivity index (χ0n) is 14.4. The molecule has 1 fully saturated rings. The first-order chi connectivity index (χ1) is 10.3. The summed E-state index contributed by atoms with van der Waals surface area (Å²) in [7, 11) is -0.351. The summed E-state index contributed by atoms with van der Waals surface area (Å²) in [6, 6.07) is 2.21. The number of nitrogens with two attached hydrogens (primary N) is 1. The molecule has 3 nitrogen and oxygen atoms in total. The lowest BCUT2D eigenvalue weighted by atomic mass is 9.77. The number of unbranched alkanes of at least 4 members (excludes halogenated alkanes) is 1. The van der Waals surface area contributed by atoms with Gasteiger partial charge in [0.05, 0.1) is 11.2 Å². The fraction of sp³-hybridized carbons (Fsp3) is 0.647. The Balaban J connectivity index is 2.21. The van der Waals surface area contributed by atoms with Crippen molar-refractivity contribution in [2.45, 2.75) is 65.1 Å². The molecule has 0 spiro atoms. The third-order valence-electron chi connectivity index (χ3n) is 4.69. The first-order valence-electron chi connectivity index (χ1n) is 8.13. The van der Waals surface area contributed by atoms with Gasteiger partial charge in [0.1, 0.15) is 0 Å². The van der Waals surface area contributed by atoms with Gasteiger partial charge in [0.25, 0.3) is 0 Å². The normalized spacial score (nSPS) is 20.6. The highest BCUT2D eigenvalue weighted by Gasteiger charge is 2.52. The molecule has 0 atom stereocenters. The van der Waals surface area contributed by atoms with Crippen LogP contribution in [0.25, 0.3) is 6.08 Å². The minimum absolute atomic E-state index is 0.327. The van der Waals surface area contributed by atoms with Gasteiger partial charge in [-0.25, -0.2) is 0 Å². The SMILES string of the molecule is CCCCc1ccsc1C=C(CN)B1OC(C)(C)C(C)(C)O1. The van der Waals surface area contributed by atoms with Gasteiger partial charge in [0.15, 0.2) is 0 Å². The van der Waals surface area contributed by atoms with Gasteiger partial charge < -0.3 is 15.0 Å². The van der Waals surface area contributed by atoms with E-state index in [1.807, 2.05) is 0 Å². The molecular weight excluding hydrogens is 293 g/mol. The molecule has 22 heavy (non-hydrogen) atoms. The van der Waals surface area contributed by atoms with Crippen molar-refractivity contribution in [3.8, 4) is 0 Å². The van der Waals surface area contributed by atoms with Gasteiger partial charge in [-0.1, -0.05) is 13.3 Å². The van der Waals surface area contributed by atoms with Crippen LogP contribution in [0.2, 0.25) is 0 Å². The van der Waals surface area contributed by atoms with Gasteiger partial charge >= 0.3 is 7.12 Å². The van der Waals surface area contributed by atoms with Crippen LogP contribution in [0.4, 0.5) is 0 Å². The molecule has 0 saturated carbocycles. The Hall–Kier alpha value is -0.615. The maximum atomic E-state index is 6.12. The molecule has 1 aliphatic heterocycles. The first kappa shape index (κ1) is 17.7. The highest BCUT2D eigenvalue weighted by Crippen LogP contribution is 2.39. The second-order valence-corrected chi connectivity index (χ2v) is 7.87. The lowest BCUT2D eigenvalue weighted by Gasteiger charge is -2.32. The number of hydrogen-bond donors (Lipinski definition) is 1. The molecule has 1 aromatic rings. The predicted molar refractivity (Wildman–Crippen MR) is 96.0 cm³/mol. The van der Waals surface area contributed by atoms with E-state index in [1.54, 1.807) is 11.3 Å². The zero-order chi connectivity index (χ0) is 16.4. The number of hydrogen-bond acceptors (Lipinski definition) is 4. The van der Waals surface area contributed by atoms with Gasteiger partial charge in [-0.05, 0) is 69.1 Å². The Bertz CT molecular complexity index is 521. The summed E-state index contributed by atoms with van der Waals surface area (Å²) >= 11 is 1.76. The summed E-state index contributed by atoms with van der Waals surface area (Å²) in [5.41, 5.74) is 7.73. The van der Waals surface area contributed by atoms with Crippen LogP contribution in [0.1, 0.15) is 57.9 Å². The zero-order valence-corrected chi connectivity index (χ0v) is 15.3. The monoisotopic (exact) mass is 321 g/mol. The van der Waals surface area contributed by atoms with E-state index in [0.717, 1.165) is 11.9 Å². The predicted octanol–water partition coefficient (Wildman–Crippen LogP) is 4.06. The minimum Gasteiger partial charge on any atom is -0.400 e. The molecule has 0 radical (unpaired) electrons. The Kier molecular flexibility index (Phi) is 5.54. The van der Waals surface area contributed by atoms with Crippen molar-refractivity contribution in [3.63, 3.8) is 0 Å². The Morgan fingerprint density at radius 3 is 2.45 bits per heavy atom. The molecular formula is C17H28BNO2S. The summed E-state index contributed by atoms with van der Waals surface area (Å²) < 4.78 is 12.2. The minimum atomic E-state index is -0.351. The van der Waals surface area contributed by atoms with Crippen LogP contribution in [-0.4, -0.2) is 24.9 Å². The second-order valence-electron chi connectivity index (χ2n) is 6.93. The van der Waals surface area contributed by atoms with Crippen molar-refractivity contribution in [2.75, 3.05) is 6.54 Å². The van der Waals surface area contributed by atoms with Crippen LogP contribution in [0, 0.1) is 0 Å². The molecule has 2 rings (SSSR count). The summed E-state index contributed by atoms with van der Waals surface area (Å²) in [4.78, 5) is 1.28. The fourth-order valence-electron chi connectivity index (χ4n) is 2.43. The second kappa shape index (κ2) is 6.87. The summed E-state index contributed by atoms with van der Waals surface area (Å²) in [5, 5.41) is 2.15. The summed E-state index contributed by atoms with van der Waals surface area (Å²) in [6.07, 6.45) is 5.71.